The first-order valence-electron chi connectivity index (χ1n) is 11.5. The second kappa shape index (κ2) is 9.12. The summed E-state index contributed by atoms with van der Waals surface area (Å²) in [6.07, 6.45) is 2.10. The van der Waals surface area contributed by atoms with Crippen molar-refractivity contribution in [2.24, 2.45) is 5.10 Å². The summed E-state index contributed by atoms with van der Waals surface area (Å²) in [5.74, 6) is 1.96. The number of hydrogen-bond donors (Lipinski definition) is 0. The third-order valence-electron chi connectivity index (χ3n) is 5.94. The minimum absolute atomic E-state index is 0.155. The van der Waals surface area contributed by atoms with Gasteiger partial charge in [0.25, 0.3) is 5.91 Å². The van der Waals surface area contributed by atoms with Crippen LogP contribution >= 0.6 is 11.8 Å². The summed E-state index contributed by atoms with van der Waals surface area (Å²) in [5.41, 5.74) is 3.39. The fourth-order valence-corrected chi connectivity index (χ4v) is 4.95. The Morgan fingerprint density at radius 2 is 1.97 bits per heavy atom. The quantitative estimate of drug-likeness (QED) is 0.301. The Hall–Kier alpha value is -4.18. The molecular formula is C26H22N6O3S. The molecule has 1 aliphatic heterocycles. The molecule has 6 rings (SSSR count). The number of aromatic nitrogens is 4. The van der Waals surface area contributed by atoms with Gasteiger partial charge >= 0.3 is 0 Å². The number of hydrazone groups is 1. The van der Waals surface area contributed by atoms with Gasteiger partial charge in [-0.25, -0.2) is 9.69 Å². The van der Waals surface area contributed by atoms with Gasteiger partial charge < -0.3 is 8.83 Å². The first kappa shape index (κ1) is 22.3. The summed E-state index contributed by atoms with van der Waals surface area (Å²) in [4.78, 5) is 13.3. The van der Waals surface area contributed by atoms with Crippen LogP contribution in [0.3, 0.4) is 0 Å². The van der Waals surface area contributed by atoms with E-state index in [1.54, 1.807) is 10.9 Å². The minimum atomic E-state index is -0.337. The number of thioether (sulfide) groups is 1. The Balaban J connectivity index is 1.20. The van der Waals surface area contributed by atoms with Crippen LogP contribution in [0.2, 0.25) is 0 Å². The molecule has 5 heterocycles. The van der Waals surface area contributed by atoms with Crippen molar-refractivity contribution in [3.8, 4) is 5.82 Å². The normalized spacial score (nSPS) is 15.6. The van der Waals surface area contributed by atoms with Crippen LogP contribution in [0.4, 0.5) is 0 Å². The molecule has 1 aliphatic rings. The lowest BCUT2D eigenvalue weighted by Gasteiger charge is -2.19. The van der Waals surface area contributed by atoms with Crippen molar-refractivity contribution in [2.45, 2.75) is 31.3 Å². The maximum Gasteiger partial charge on any atom is 0.253 e. The molecule has 0 bridgehead atoms. The number of benzene rings is 1. The Kier molecular flexibility index (Phi) is 5.65. The predicted molar refractivity (Wildman–Crippen MR) is 135 cm³/mol. The molecule has 4 aromatic heterocycles. The van der Waals surface area contributed by atoms with Crippen LogP contribution in [-0.2, 0) is 4.79 Å². The van der Waals surface area contributed by atoms with Crippen LogP contribution in [-0.4, -0.2) is 42.4 Å². The molecule has 9 nitrogen and oxygen atoms in total. The molecule has 0 saturated heterocycles. The van der Waals surface area contributed by atoms with Gasteiger partial charge in [-0.15, -0.1) is 10.2 Å². The average molecular weight is 499 g/mol. The van der Waals surface area contributed by atoms with E-state index in [9.17, 15) is 4.79 Å². The number of hydrogen-bond acceptors (Lipinski definition) is 8. The Bertz CT molecular complexity index is 1540. The molecule has 1 amide bonds. The molecule has 5 aromatic rings. The molecule has 0 aliphatic carbocycles. The molecule has 0 spiro atoms. The van der Waals surface area contributed by atoms with E-state index in [-0.39, 0.29) is 17.7 Å². The Labute approximate surface area is 210 Å². The summed E-state index contributed by atoms with van der Waals surface area (Å²) >= 11 is 1.31. The van der Waals surface area contributed by atoms with Crippen molar-refractivity contribution < 1.29 is 13.6 Å². The van der Waals surface area contributed by atoms with Gasteiger partial charge in [-0.2, -0.15) is 10.2 Å². The van der Waals surface area contributed by atoms with E-state index in [0.717, 1.165) is 22.4 Å². The molecule has 0 N–H and O–H groups in total. The lowest BCUT2D eigenvalue weighted by molar-refractivity contribution is -0.130. The van der Waals surface area contributed by atoms with Crippen molar-refractivity contribution in [2.75, 3.05) is 5.75 Å². The average Bonchev–Trinajstić information content (AvgIpc) is 3.68. The van der Waals surface area contributed by atoms with Crippen LogP contribution in [0.5, 0.6) is 0 Å². The number of nitrogens with zero attached hydrogens (tertiary/aromatic N) is 6. The van der Waals surface area contributed by atoms with Gasteiger partial charge in [-0.05, 0) is 56.3 Å². The fraction of sp³-hybridized carbons (Fsp3) is 0.192. The molecule has 0 fully saturated rings. The zero-order valence-corrected chi connectivity index (χ0v) is 20.5. The predicted octanol–water partition coefficient (Wildman–Crippen LogP) is 5.09. The number of aryl methyl sites for hydroxylation is 2. The zero-order chi connectivity index (χ0) is 24.6. The summed E-state index contributed by atoms with van der Waals surface area (Å²) in [6.45, 7) is 3.90. The zero-order valence-electron chi connectivity index (χ0n) is 19.7. The van der Waals surface area contributed by atoms with E-state index in [4.69, 9.17) is 8.83 Å². The van der Waals surface area contributed by atoms with Crippen LogP contribution in [0.25, 0.3) is 16.8 Å². The maximum atomic E-state index is 13.3. The highest BCUT2D eigenvalue weighted by Gasteiger charge is 2.36. The standard InChI is InChI=1S/C26H22N6O3S/c1-16-12-17(2)31(29-16)24-9-10-25(28-27-24)36-15-26(33)32-20(22-8-5-11-34-22)14-19(30-32)23-13-18-6-3-4-7-21(18)35-23/h3-13,20H,14-15H2,1-2H3. The van der Waals surface area contributed by atoms with E-state index < -0.39 is 0 Å². The van der Waals surface area contributed by atoms with Crippen LogP contribution in [0.1, 0.15) is 35.4 Å². The molecule has 10 heteroatoms. The number of furan rings is 2. The molecule has 1 atom stereocenters. The summed E-state index contributed by atoms with van der Waals surface area (Å²) < 4.78 is 13.4. The molecule has 36 heavy (non-hydrogen) atoms. The second-order valence-electron chi connectivity index (χ2n) is 8.53. The lowest BCUT2D eigenvalue weighted by Crippen LogP contribution is -2.28. The van der Waals surface area contributed by atoms with Crippen molar-refractivity contribution in [1.82, 2.24) is 25.0 Å². The third-order valence-corrected chi connectivity index (χ3v) is 6.85. The van der Waals surface area contributed by atoms with Gasteiger partial charge in [-0.1, -0.05) is 30.0 Å². The fourth-order valence-electron chi connectivity index (χ4n) is 4.28. The highest BCUT2D eigenvalue weighted by atomic mass is 32.2. The molecule has 180 valence electrons. The number of carbonyl (C=O) groups is 1. The number of amides is 1. The number of carbonyl (C=O) groups excluding carboxylic acids is 1. The maximum absolute atomic E-state index is 13.3. The molecular weight excluding hydrogens is 476 g/mol. The summed E-state index contributed by atoms with van der Waals surface area (Å²) in [6, 6.07) is 18.7. The van der Waals surface area contributed by atoms with Gasteiger partial charge in [0.05, 0.1) is 17.7 Å². The highest BCUT2D eigenvalue weighted by molar-refractivity contribution is 7.99. The first-order chi connectivity index (χ1) is 17.5. The monoisotopic (exact) mass is 498 g/mol. The summed E-state index contributed by atoms with van der Waals surface area (Å²) in [7, 11) is 0. The molecule has 0 radical (unpaired) electrons. The molecule has 1 unspecified atom stereocenters. The van der Waals surface area contributed by atoms with E-state index in [0.29, 0.717) is 34.5 Å². The van der Waals surface area contributed by atoms with Crippen molar-refractivity contribution in [3.05, 3.63) is 89.8 Å². The van der Waals surface area contributed by atoms with Gasteiger partial charge in [0, 0.05) is 17.5 Å². The van der Waals surface area contributed by atoms with E-state index in [2.05, 4.69) is 20.4 Å². The van der Waals surface area contributed by atoms with Crippen LogP contribution < -0.4 is 0 Å². The largest absolute Gasteiger partial charge is 0.467 e. The van der Waals surface area contributed by atoms with Crippen molar-refractivity contribution in [1.29, 1.82) is 0 Å². The second-order valence-corrected chi connectivity index (χ2v) is 9.52. The van der Waals surface area contributed by atoms with Gasteiger partial charge in [0.15, 0.2) is 11.6 Å². The molecule has 1 aromatic carbocycles. The Morgan fingerprint density at radius 3 is 2.69 bits per heavy atom. The van der Waals surface area contributed by atoms with Gasteiger partial charge in [0.1, 0.15) is 28.1 Å². The smallest absolute Gasteiger partial charge is 0.253 e. The highest BCUT2D eigenvalue weighted by Crippen LogP contribution is 2.35. The topological polar surface area (TPSA) is 103 Å². The van der Waals surface area contributed by atoms with E-state index >= 15 is 0 Å². The summed E-state index contributed by atoms with van der Waals surface area (Å²) in [5, 5.41) is 20.8. The molecule has 0 saturated carbocycles. The Morgan fingerprint density at radius 1 is 1.08 bits per heavy atom. The van der Waals surface area contributed by atoms with E-state index in [1.165, 1.54) is 16.8 Å². The first-order valence-corrected chi connectivity index (χ1v) is 12.5. The van der Waals surface area contributed by atoms with Crippen molar-refractivity contribution >= 4 is 34.3 Å². The van der Waals surface area contributed by atoms with Crippen LogP contribution in [0, 0.1) is 13.8 Å². The number of para-hydroxylation sites is 1. The number of fused-ring (bicyclic) bond motifs is 1. The minimum Gasteiger partial charge on any atom is -0.467 e. The van der Waals surface area contributed by atoms with Gasteiger partial charge in [-0.3, -0.25) is 4.79 Å². The van der Waals surface area contributed by atoms with E-state index in [1.807, 2.05) is 74.5 Å². The van der Waals surface area contributed by atoms with Crippen molar-refractivity contribution in [3.63, 3.8) is 0 Å². The third kappa shape index (κ3) is 4.20. The SMILES string of the molecule is Cc1cc(C)n(-c2ccc(SCC(=O)N3N=C(c4cc5ccccc5o4)CC3c3ccco3)nn2)n1. The lowest BCUT2D eigenvalue weighted by atomic mass is 10.1. The van der Waals surface area contributed by atoms with Gasteiger partial charge in [0.2, 0.25) is 0 Å². The van der Waals surface area contributed by atoms with Crippen LogP contribution in [0.15, 0.2) is 85.9 Å². The number of rotatable bonds is 6.